The van der Waals surface area contributed by atoms with Crippen LogP contribution in [0, 0.1) is 0 Å². The molecule has 236 valence electrons. The second-order valence-electron chi connectivity index (χ2n) is 11.8. The van der Waals surface area contributed by atoms with Crippen LogP contribution >= 0.6 is 0 Å². The third-order valence-corrected chi connectivity index (χ3v) is 10.6. The van der Waals surface area contributed by atoms with Crippen molar-refractivity contribution < 1.29 is 23.1 Å². The van der Waals surface area contributed by atoms with Crippen LogP contribution in [0.1, 0.15) is 61.2 Å². The van der Waals surface area contributed by atoms with Gasteiger partial charge in [0, 0.05) is 32.4 Å². The highest BCUT2D eigenvalue weighted by molar-refractivity contribution is 7.89. The van der Waals surface area contributed by atoms with Gasteiger partial charge < -0.3 is 15.3 Å². The Bertz CT molecular complexity index is 1810. The minimum absolute atomic E-state index is 0.00455. The second-order valence-corrected chi connectivity index (χ2v) is 13.7. The number of carboxylic acids is 1. The Morgan fingerprint density at radius 2 is 1.67 bits per heavy atom. The van der Waals surface area contributed by atoms with Gasteiger partial charge in [-0.1, -0.05) is 64.1 Å². The van der Waals surface area contributed by atoms with Crippen LogP contribution in [0.25, 0.3) is 11.0 Å². The first-order valence-electron chi connectivity index (χ1n) is 15.0. The zero-order valence-electron chi connectivity index (χ0n) is 25.9. The standard InChI is InChI=1S/C33H38N6O5S/c1-5-22-9-13-25(14-10-22)45(43,44)39-16-15-38(29-20-35-27-19-34-18-26(32(41)42)30(27)37-29)21-28(39)31(40)36-17-23-7-11-24(12-8-23)33(3,4)6-2/h7-14,18-20,28H,5-6,15-17,21H2,1-4H3,(H,36,40)(H,41,42)/t28-/m1/s1. The van der Waals surface area contributed by atoms with Crippen molar-refractivity contribution in [3.63, 3.8) is 0 Å². The molecule has 2 aromatic heterocycles. The van der Waals surface area contributed by atoms with Crippen molar-refractivity contribution in [2.24, 2.45) is 0 Å². The number of nitrogens with zero attached hydrogens (tertiary/aromatic N) is 5. The topological polar surface area (TPSA) is 146 Å². The van der Waals surface area contributed by atoms with Crippen molar-refractivity contribution in [2.75, 3.05) is 24.5 Å². The summed E-state index contributed by atoms with van der Waals surface area (Å²) in [6.07, 6.45) is 5.89. The summed E-state index contributed by atoms with van der Waals surface area (Å²) in [5.41, 5.74) is 3.52. The van der Waals surface area contributed by atoms with Crippen molar-refractivity contribution in [3.8, 4) is 0 Å². The number of sulfonamides is 1. The van der Waals surface area contributed by atoms with Crippen LogP contribution < -0.4 is 10.2 Å². The van der Waals surface area contributed by atoms with Gasteiger partial charge in [-0.15, -0.1) is 0 Å². The minimum Gasteiger partial charge on any atom is -0.478 e. The molecule has 11 nitrogen and oxygen atoms in total. The fourth-order valence-electron chi connectivity index (χ4n) is 5.33. The van der Waals surface area contributed by atoms with E-state index in [1.807, 2.05) is 19.1 Å². The molecule has 3 heterocycles. The summed E-state index contributed by atoms with van der Waals surface area (Å²) < 4.78 is 29.0. The molecule has 2 aromatic carbocycles. The van der Waals surface area contributed by atoms with Gasteiger partial charge in [-0.25, -0.2) is 23.2 Å². The Balaban J connectivity index is 1.43. The van der Waals surface area contributed by atoms with E-state index in [1.165, 1.54) is 28.5 Å². The number of rotatable bonds is 10. The van der Waals surface area contributed by atoms with Crippen molar-refractivity contribution in [1.82, 2.24) is 24.6 Å². The average molecular weight is 631 g/mol. The lowest BCUT2D eigenvalue weighted by Crippen LogP contribution is -2.60. The number of amides is 1. The summed E-state index contributed by atoms with van der Waals surface area (Å²) in [7, 11) is -4.02. The number of nitrogens with one attached hydrogen (secondary N) is 1. The van der Waals surface area contributed by atoms with E-state index in [1.54, 1.807) is 29.2 Å². The predicted molar refractivity (Wildman–Crippen MR) is 172 cm³/mol. The number of pyridine rings is 1. The quantitative estimate of drug-likeness (QED) is 0.264. The Labute approximate surface area is 263 Å². The summed E-state index contributed by atoms with van der Waals surface area (Å²) >= 11 is 0. The van der Waals surface area contributed by atoms with Gasteiger partial charge in [-0.05, 0) is 47.1 Å². The van der Waals surface area contributed by atoms with Gasteiger partial charge in [0.2, 0.25) is 15.9 Å². The highest BCUT2D eigenvalue weighted by atomic mass is 32.2. The van der Waals surface area contributed by atoms with Gasteiger partial charge >= 0.3 is 5.97 Å². The highest BCUT2D eigenvalue weighted by Crippen LogP contribution is 2.28. The molecule has 0 bridgehead atoms. The monoisotopic (exact) mass is 630 g/mol. The molecule has 1 saturated heterocycles. The Hall–Kier alpha value is -4.42. The number of carbonyl (C=O) groups is 2. The van der Waals surface area contributed by atoms with Crippen LogP contribution in [-0.4, -0.2) is 70.3 Å². The smallest absolute Gasteiger partial charge is 0.339 e. The summed E-state index contributed by atoms with van der Waals surface area (Å²) in [5.74, 6) is -1.30. The molecule has 1 aliphatic heterocycles. The Kier molecular flexibility index (Phi) is 9.17. The van der Waals surface area contributed by atoms with Crippen LogP contribution in [0.4, 0.5) is 5.82 Å². The molecule has 0 aliphatic carbocycles. The lowest BCUT2D eigenvalue weighted by Gasteiger charge is -2.40. The zero-order chi connectivity index (χ0) is 32.4. The summed E-state index contributed by atoms with van der Waals surface area (Å²) in [6.45, 7) is 8.96. The Morgan fingerprint density at radius 1 is 0.978 bits per heavy atom. The van der Waals surface area contributed by atoms with Crippen molar-refractivity contribution in [2.45, 2.75) is 63.4 Å². The fourth-order valence-corrected chi connectivity index (χ4v) is 6.90. The molecule has 5 rings (SSSR count). The lowest BCUT2D eigenvalue weighted by atomic mass is 9.82. The molecule has 1 aliphatic rings. The van der Waals surface area contributed by atoms with E-state index in [9.17, 15) is 23.1 Å². The number of carbonyl (C=O) groups excluding carboxylic acids is 1. The van der Waals surface area contributed by atoms with Crippen molar-refractivity contribution in [1.29, 1.82) is 0 Å². The maximum atomic E-state index is 13.9. The molecule has 1 atom stereocenters. The first kappa shape index (κ1) is 32.0. The molecule has 12 heteroatoms. The second kappa shape index (κ2) is 12.9. The normalized spacial score (nSPS) is 16.1. The van der Waals surface area contributed by atoms with Gasteiger partial charge in [-0.2, -0.15) is 4.31 Å². The van der Waals surface area contributed by atoms with E-state index in [2.05, 4.69) is 53.2 Å². The molecule has 0 saturated carbocycles. The fraction of sp³-hybridized carbons (Fsp3) is 0.364. The number of aromatic carboxylic acids is 1. The molecule has 2 N–H and O–H groups in total. The van der Waals surface area contributed by atoms with Crippen molar-refractivity contribution in [3.05, 3.63) is 89.4 Å². The molecule has 1 fully saturated rings. The van der Waals surface area contributed by atoms with Crippen molar-refractivity contribution >= 4 is 38.8 Å². The number of piperazine rings is 1. The largest absolute Gasteiger partial charge is 0.478 e. The first-order chi connectivity index (χ1) is 21.4. The molecule has 0 radical (unpaired) electrons. The van der Waals surface area contributed by atoms with Gasteiger partial charge in [-0.3, -0.25) is 9.78 Å². The van der Waals surface area contributed by atoms with Gasteiger partial charge in [0.05, 0.1) is 17.3 Å². The van der Waals surface area contributed by atoms with E-state index >= 15 is 0 Å². The number of fused-ring (bicyclic) bond motifs is 1. The third kappa shape index (κ3) is 6.66. The summed E-state index contributed by atoms with van der Waals surface area (Å²) in [5, 5.41) is 12.6. The highest BCUT2D eigenvalue weighted by Gasteiger charge is 2.40. The maximum absolute atomic E-state index is 13.9. The summed E-state index contributed by atoms with van der Waals surface area (Å²) in [4.78, 5) is 40.3. The Morgan fingerprint density at radius 3 is 2.31 bits per heavy atom. The summed E-state index contributed by atoms with van der Waals surface area (Å²) in [6, 6.07) is 13.7. The van der Waals surface area contributed by atoms with E-state index in [4.69, 9.17) is 0 Å². The van der Waals surface area contributed by atoms with Crippen LogP contribution in [-0.2, 0) is 33.2 Å². The number of benzene rings is 2. The van der Waals surface area contributed by atoms with E-state index in [-0.39, 0.29) is 47.6 Å². The third-order valence-electron chi connectivity index (χ3n) is 8.66. The number of anilines is 1. The molecule has 4 aromatic rings. The number of hydrogen-bond acceptors (Lipinski definition) is 8. The molecule has 1 amide bonds. The molecule has 45 heavy (non-hydrogen) atoms. The molecule has 0 spiro atoms. The number of hydrogen-bond donors (Lipinski definition) is 2. The molecular formula is C33H38N6O5S. The van der Waals surface area contributed by atoms with E-state index in [0.29, 0.717) is 11.3 Å². The van der Waals surface area contributed by atoms with Gasteiger partial charge in [0.25, 0.3) is 0 Å². The SMILES string of the molecule is CCc1ccc(S(=O)(=O)N2CCN(c3cnc4cncc(C(=O)O)c4n3)C[C@@H]2C(=O)NCc2ccc(C(C)(C)CC)cc2)cc1. The molecule has 0 unspecified atom stereocenters. The van der Waals surface area contributed by atoms with Crippen LogP contribution in [0.3, 0.4) is 0 Å². The maximum Gasteiger partial charge on any atom is 0.339 e. The number of carboxylic acid groups (broad SMARTS) is 1. The number of aryl methyl sites for hydroxylation is 1. The van der Waals surface area contributed by atoms with E-state index in [0.717, 1.165) is 24.0 Å². The lowest BCUT2D eigenvalue weighted by molar-refractivity contribution is -0.125. The average Bonchev–Trinajstić information content (AvgIpc) is 3.06. The van der Waals surface area contributed by atoms with Crippen LogP contribution in [0.15, 0.2) is 72.0 Å². The van der Waals surface area contributed by atoms with E-state index < -0.39 is 27.9 Å². The molecular weight excluding hydrogens is 592 g/mol. The minimum atomic E-state index is -4.02. The zero-order valence-corrected chi connectivity index (χ0v) is 26.7. The predicted octanol–water partition coefficient (Wildman–Crippen LogP) is 4.17. The first-order valence-corrected chi connectivity index (χ1v) is 16.5. The number of aromatic nitrogens is 3. The van der Waals surface area contributed by atoms with Gasteiger partial charge in [0.1, 0.15) is 28.5 Å². The van der Waals surface area contributed by atoms with Crippen LogP contribution in [0.5, 0.6) is 0 Å². The van der Waals surface area contributed by atoms with Gasteiger partial charge in [0.15, 0.2) is 0 Å². The van der Waals surface area contributed by atoms with Crippen LogP contribution in [0.2, 0.25) is 0 Å².